The van der Waals surface area contributed by atoms with Gasteiger partial charge in [-0.2, -0.15) is 10.1 Å². The molecule has 10 heteroatoms. The summed E-state index contributed by atoms with van der Waals surface area (Å²) >= 11 is 1.50. The topological polar surface area (TPSA) is 92.2 Å². The lowest BCUT2D eigenvalue weighted by Gasteiger charge is -2.28. The Morgan fingerprint density at radius 1 is 1.32 bits per heavy atom. The number of fused-ring (bicyclic) bond motifs is 1. The molecule has 0 bridgehead atoms. The van der Waals surface area contributed by atoms with E-state index >= 15 is 0 Å². The first-order chi connectivity index (χ1) is 13.1. The maximum atomic E-state index is 12.6. The van der Waals surface area contributed by atoms with Crippen LogP contribution >= 0.6 is 24.2 Å². The van der Waals surface area contributed by atoms with E-state index in [-0.39, 0.29) is 30.8 Å². The average Bonchev–Trinajstić information content (AvgIpc) is 3.05. The average molecular weight is 423 g/mol. The molecule has 1 fully saturated rings. The summed E-state index contributed by atoms with van der Waals surface area (Å²) in [5.74, 6) is 1.50. The number of amides is 2. The number of para-hydroxylation sites is 1. The van der Waals surface area contributed by atoms with Crippen molar-refractivity contribution in [1.82, 2.24) is 20.1 Å². The summed E-state index contributed by atoms with van der Waals surface area (Å²) in [6, 6.07) is 7.63. The van der Waals surface area contributed by atoms with E-state index in [9.17, 15) is 9.59 Å². The number of hydrogen-bond donors (Lipinski definition) is 2. The van der Waals surface area contributed by atoms with Crippen LogP contribution in [0.25, 0.3) is 0 Å². The first-order valence-electron chi connectivity index (χ1n) is 9.05. The zero-order valence-electron chi connectivity index (χ0n) is 15.6. The third kappa shape index (κ3) is 4.31. The molecule has 2 aromatic rings. The number of thioether (sulfide) groups is 1. The predicted molar refractivity (Wildman–Crippen MR) is 111 cm³/mol. The van der Waals surface area contributed by atoms with Crippen molar-refractivity contribution >= 4 is 47.6 Å². The first kappa shape index (κ1) is 20.6. The third-order valence-electron chi connectivity index (χ3n) is 4.84. The minimum Gasteiger partial charge on any atom is -0.317 e. The number of aryl methyl sites for hydroxylation is 1. The summed E-state index contributed by atoms with van der Waals surface area (Å²) in [7, 11) is 1.77. The van der Waals surface area contributed by atoms with Gasteiger partial charge in [-0.25, -0.2) is 4.68 Å². The summed E-state index contributed by atoms with van der Waals surface area (Å²) in [5.41, 5.74) is 0.780. The van der Waals surface area contributed by atoms with Crippen LogP contribution in [0.3, 0.4) is 0 Å². The van der Waals surface area contributed by atoms with Crippen LogP contribution in [0.2, 0.25) is 0 Å². The fourth-order valence-electron chi connectivity index (χ4n) is 3.40. The van der Waals surface area contributed by atoms with Crippen LogP contribution < -0.4 is 15.5 Å². The number of benzene rings is 1. The molecule has 0 spiro atoms. The van der Waals surface area contributed by atoms with Crippen molar-refractivity contribution in [3.63, 3.8) is 0 Å². The maximum Gasteiger partial charge on any atom is 0.246 e. The molecule has 8 nitrogen and oxygen atoms in total. The van der Waals surface area contributed by atoms with Crippen LogP contribution in [0.5, 0.6) is 0 Å². The largest absolute Gasteiger partial charge is 0.317 e. The number of halogens is 1. The van der Waals surface area contributed by atoms with E-state index in [0.29, 0.717) is 17.6 Å². The number of nitrogens with zero attached hydrogens (tertiary/aromatic N) is 4. The second kappa shape index (κ2) is 8.93. The van der Waals surface area contributed by atoms with Gasteiger partial charge in [0.05, 0.1) is 11.4 Å². The van der Waals surface area contributed by atoms with E-state index in [1.54, 1.807) is 11.7 Å². The molecule has 1 aromatic heterocycles. The van der Waals surface area contributed by atoms with Gasteiger partial charge in [0.1, 0.15) is 6.54 Å². The molecule has 1 aromatic carbocycles. The van der Waals surface area contributed by atoms with Crippen LogP contribution in [0.15, 0.2) is 29.2 Å². The maximum absolute atomic E-state index is 12.6. The Morgan fingerprint density at radius 3 is 2.86 bits per heavy atom. The fourth-order valence-corrected chi connectivity index (χ4v) is 4.34. The van der Waals surface area contributed by atoms with Crippen LogP contribution in [-0.2, 0) is 16.6 Å². The number of nitrogens with one attached hydrogen (secondary N) is 2. The lowest BCUT2D eigenvalue weighted by molar-refractivity contribution is -0.120. The number of rotatable bonds is 4. The van der Waals surface area contributed by atoms with Crippen molar-refractivity contribution in [3.05, 3.63) is 30.1 Å². The van der Waals surface area contributed by atoms with E-state index in [4.69, 9.17) is 0 Å². The van der Waals surface area contributed by atoms with Crippen molar-refractivity contribution in [1.29, 1.82) is 0 Å². The molecule has 2 N–H and O–H groups in total. The highest BCUT2D eigenvalue weighted by molar-refractivity contribution is 8.00. The van der Waals surface area contributed by atoms with Gasteiger partial charge in [0.2, 0.25) is 17.8 Å². The Morgan fingerprint density at radius 2 is 2.07 bits per heavy atom. The summed E-state index contributed by atoms with van der Waals surface area (Å²) in [6.45, 7) is 1.88. The van der Waals surface area contributed by atoms with Gasteiger partial charge in [-0.15, -0.1) is 24.2 Å². The summed E-state index contributed by atoms with van der Waals surface area (Å²) in [5, 5.41) is 10.6. The van der Waals surface area contributed by atoms with Gasteiger partial charge in [0.25, 0.3) is 0 Å². The first-order valence-corrected chi connectivity index (χ1v) is 10.0. The number of anilines is 2. The van der Waals surface area contributed by atoms with E-state index < -0.39 is 0 Å². The molecular weight excluding hydrogens is 400 g/mol. The second-order valence-electron chi connectivity index (χ2n) is 6.73. The zero-order chi connectivity index (χ0) is 18.8. The summed E-state index contributed by atoms with van der Waals surface area (Å²) in [6.07, 6.45) is 1.99. The number of carbonyl (C=O) groups excluding carboxylic acids is 2. The van der Waals surface area contributed by atoms with Gasteiger partial charge in [-0.3, -0.25) is 14.9 Å². The van der Waals surface area contributed by atoms with Crippen LogP contribution in [0.1, 0.15) is 24.6 Å². The molecule has 0 aliphatic carbocycles. The van der Waals surface area contributed by atoms with Crippen molar-refractivity contribution < 1.29 is 9.59 Å². The highest BCUT2D eigenvalue weighted by Gasteiger charge is 2.27. The monoisotopic (exact) mass is 422 g/mol. The Balaban J connectivity index is 0.00000225. The molecule has 2 amide bonds. The van der Waals surface area contributed by atoms with Gasteiger partial charge in [0.15, 0.2) is 5.82 Å². The van der Waals surface area contributed by atoms with E-state index in [1.807, 2.05) is 24.3 Å². The van der Waals surface area contributed by atoms with Crippen molar-refractivity contribution in [2.45, 2.75) is 23.7 Å². The van der Waals surface area contributed by atoms with Crippen molar-refractivity contribution in [2.24, 2.45) is 7.05 Å². The molecule has 3 heterocycles. The molecule has 2 aliphatic heterocycles. The van der Waals surface area contributed by atoms with Gasteiger partial charge < -0.3 is 10.2 Å². The van der Waals surface area contributed by atoms with Gasteiger partial charge >= 0.3 is 0 Å². The molecule has 28 heavy (non-hydrogen) atoms. The van der Waals surface area contributed by atoms with E-state index in [2.05, 4.69) is 20.7 Å². The fraction of sp³-hybridized carbons (Fsp3) is 0.444. The van der Waals surface area contributed by atoms with Gasteiger partial charge in [-0.05, 0) is 38.1 Å². The summed E-state index contributed by atoms with van der Waals surface area (Å²) in [4.78, 5) is 31.9. The number of piperidine rings is 1. The normalized spacial score (nSPS) is 17.0. The molecule has 0 saturated carbocycles. The van der Waals surface area contributed by atoms with Gasteiger partial charge in [0, 0.05) is 17.9 Å². The Bertz CT molecular complexity index is 868. The summed E-state index contributed by atoms with van der Waals surface area (Å²) < 4.78 is 1.59. The SMILES string of the molecule is Cl.Cn1nc(C2CCNCC2)nc1NC(=O)CN1C(=O)CSc2ccccc21. The molecule has 0 unspecified atom stereocenters. The minimum absolute atomic E-state index is 0. The molecule has 2 aliphatic rings. The molecule has 150 valence electrons. The Labute approximate surface area is 173 Å². The highest BCUT2D eigenvalue weighted by atomic mass is 35.5. The van der Waals surface area contributed by atoms with E-state index in [1.165, 1.54) is 16.7 Å². The molecule has 4 rings (SSSR count). The second-order valence-corrected chi connectivity index (χ2v) is 7.74. The zero-order valence-corrected chi connectivity index (χ0v) is 17.2. The smallest absolute Gasteiger partial charge is 0.246 e. The molecular formula is C18H23ClN6O2S. The van der Waals surface area contributed by atoms with E-state index in [0.717, 1.165) is 42.3 Å². The van der Waals surface area contributed by atoms with Crippen molar-refractivity contribution in [2.75, 3.05) is 35.6 Å². The highest BCUT2D eigenvalue weighted by Crippen LogP contribution is 2.34. The Kier molecular flexibility index (Phi) is 6.58. The molecule has 0 atom stereocenters. The van der Waals surface area contributed by atoms with Crippen LogP contribution in [-0.4, -0.2) is 52.0 Å². The lowest BCUT2D eigenvalue weighted by atomic mass is 9.98. The van der Waals surface area contributed by atoms with Gasteiger partial charge in [-0.1, -0.05) is 12.1 Å². The van der Waals surface area contributed by atoms with Crippen molar-refractivity contribution in [3.8, 4) is 0 Å². The lowest BCUT2D eigenvalue weighted by Crippen LogP contribution is -2.41. The standard InChI is InChI=1S/C18H22N6O2S.ClH/c1-23-18(21-17(22-23)12-6-8-19-9-7-12)20-15(25)10-24-13-4-2-3-5-14(13)27-11-16(24)26;/h2-5,12,19H,6-11H2,1H3,(H,20,21,22,25);1H. The number of hydrogen-bond acceptors (Lipinski definition) is 6. The quantitative estimate of drug-likeness (QED) is 0.780. The number of aromatic nitrogens is 3. The third-order valence-corrected chi connectivity index (χ3v) is 5.89. The molecule has 0 radical (unpaired) electrons. The number of carbonyl (C=O) groups is 2. The molecule has 1 saturated heterocycles. The van der Waals surface area contributed by atoms with Crippen LogP contribution in [0.4, 0.5) is 11.6 Å². The Hall–Kier alpha value is -2.10. The predicted octanol–water partition coefficient (Wildman–Crippen LogP) is 1.78. The minimum atomic E-state index is -0.280. The van der Waals surface area contributed by atoms with Crippen LogP contribution in [0, 0.1) is 0 Å².